The summed E-state index contributed by atoms with van der Waals surface area (Å²) in [5.41, 5.74) is -1.56. The molecule has 208 valence electrons. The average molecular weight is 559 g/mol. The predicted octanol–water partition coefficient (Wildman–Crippen LogP) is 5.42. The molecule has 4 aromatic rings. The Hall–Kier alpha value is -4.54. The number of Topliss-reactive ketones (excluding diaryl/α,β-unsaturated/α-hetero) is 1. The molecule has 0 spiro atoms. The molecule has 2 N–H and O–H groups in total. The Balaban J connectivity index is 1.49. The topological polar surface area (TPSA) is 96.6 Å². The molecule has 1 unspecified atom stereocenters. The van der Waals surface area contributed by atoms with Gasteiger partial charge in [0.1, 0.15) is 28.8 Å². The summed E-state index contributed by atoms with van der Waals surface area (Å²) in [6.07, 6.45) is -0.808. The molecule has 0 aliphatic rings. The summed E-state index contributed by atoms with van der Waals surface area (Å²) in [5.74, 6) is -9.43. The van der Waals surface area contributed by atoms with E-state index in [0.29, 0.717) is 18.2 Å². The molecule has 1 aromatic heterocycles. The van der Waals surface area contributed by atoms with Gasteiger partial charge in [0.05, 0.1) is 17.4 Å². The first kappa shape index (κ1) is 28.5. The van der Waals surface area contributed by atoms with E-state index in [-0.39, 0.29) is 47.9 Å². The number of fused-ring (bicyclic) bond motifs is 1. The molecule has 3 aromatic carbocycles. The second-order valence-corrected chi connectivity index (χ2v) is 9.15. The van der Waals surface area contributed by atoms with Gasteiger partial charge < -0.3 is 14.8 Å². The Morgan fingerprint density at radius 3 is 2.25 bits per heavy atom. The number of hydrogen-bond donors (Lipinski definition) is 2. The molecule has 0 saturated heterocycles. The Morgan fingerprint density at radius 2 is 1.57 bits per heavy atom. The van der Waals surface area contributed by atoms with E-state index in [2.05, 4.69) is 5.32 Å². The van der Waals surface area contributed by atoms with Crippen LogP contribution in [0.4, 0.5) is 22.0 Å². The number of carbonyl (C=O) groups excluding carboxylic acids is 2. The van der Waals surface area contributed by atoms with Gasteiger partial charge in [-0.25, -0.2) is 26.7 Å². The molecule has 40 heavy (non-hydrogen) atoms. The molecule has 0 saturated carbocycles. The van der Waals surface area contributed by atoms with Crippen LogP contribution in [-0.2, 0) is 16.0 Å². The molecule has 1 heterocycles. The fourth-order valence-corrected chi connectivity index (χ4v) is 4.42. The van der Waals surface area contributed by atoms with E-state index in [1.165, 1.54) is 12.1 Å². The van der Waals surface area contributed by atoms with Crippen molar-refractivity contribution in [2.24, 2.45) is 0 Å². The molecule has 0 bridgehead atoms. The maximum absolute atomic E-state index is 14.1. The van der Waals surface area contributed by atoms with E-state index in [0.717, 1.165) is 12.1 Å². The fraction of sp³-hybridized carbons (Fsp3) is 0.207. The minimum absolute atomic E-state index is 0.0240. The third-order valence-electron chi connectivity index (χ3n) is 6.25. The number of benzene rings is 3. The second kappa shape index (κ2) is 12.1. The summed E-state index contributed by atoms with van der Waals surface area (Å²) in [7, 11) is 0. The predicted molar refractivity (Wildman–Crippen MR) is 134 cm³/mol. The highest BCUT2D eigenvalue weighted by atomic mass is 19.2. The monoisotopic (exact) mass is 559 g/mol. The summed E-state index contributed by atoms with van der Waals surface area (Å²) < 4.78 is 73.7. The molecule has 0 aliphatic heterocycles. The van der Waals surface area contributed by atoms with Crippen LogP contribution in [0, 0.1) is 29.1 Å². The van der Waals surface area contributed by atoms with E-state index in [1.54, 1.807) is 12.1 Å². The van der Waals surface area contributed by atoms with Crippen LogP contribution in [0.5, 0.6) is 5.75 Å². The van der Waals surface area contributed by atoms with Crippen molar-refractivity contribution >= 4 is 22.7 Å². The molecule has 1 amide bonds. The zero-order valence-corrected chi connectivity index (χ0v) is 20.8. The highest BCUT2D eigenvalue weighted by Crippen LogP contribution is 2.37. The van der Waals surface area contributed by atoms with Gasteiger partial charge >= 0.3 is 5.63 Å². The van der Waals surface area contributed by atoms with Crippen molar-refractivity contribution in [2.45, 2.75) is 31.6 Å². The highest BCUT2D eigenvalue weighted by Gasteiger charge is 2.28. The third kappa shape index (κ3) is 6.53. The number of para-hydroxylation sites is 1. The van der Waals surface area contributed by atoms with Crippen molar-refractivity contribution in [3.8, 4) is 5.75 Å². The summed E-state index contributed by atoms with van der Waals surface area (Å²) in [5, 5.41) is 13.5. The zero-order valence-electron chi connectivity index (χ0n) is 20.8. The largest absolute Gasteiger partial charge is 0.507 e. The van der Waals surface area contributed by atoms with E-state index < -0.39 is 70.1 Å². The van der Waals surface area contributed by atoms with Gasteiger partial charge in [0.15, 0.2) is 17.5 Å². The minimum atomic E-state index is -1.74. The van der Waals surface area contributed by atoms with Gasteiger partial charge in [-0.15, -0.1) is 0 Å². The van der Waals surface area contributed by atoms with Crippen LogP contribution in [0.15, 0.2) is 63.8 Å². The molecule has 0 fully saturated rings. The lowest BCUT2D eigenvalue weighted by atomic mass is 9.86. The second-order valence-electron chi connectivity index (χ2n) is 9.15. The first-order valence-electron chi connectivity index (χ1n) is 12.2. The normalized spacial score (nSPS) is 11.9. The van der Waals surface area contributed by atoms with Crippen LogP contribution < -0.4 is 10.9 Å². The van der Waals surface area contributed by atoms with Crippen LogP contribution in [-0.4, -0.2) is 23.3 Å². The number of aromatic hydroxyl groups is 1. The maximum Gasteiger partial charge on any atom is 0.343 e. The summed E-state index contributed by atoms with van der Waals surface area (Å²) in [6.45, 7) is 0.0240. The van der Waals surface area contributed by atoms with Crippen molar-refractivity contribution in [2.75, 3.05) is 6.54 Å². The highest BCUT2D eigenvalue weighted by molar-refractivity contribution is 5.85. The minimum Gasteiger partial charge on any atom is -0.507 e. The van der Waals surface area contributed by atoms with Crippen molar-refractivity contribution in [1.82, 2.24) is 5.32 Å². The number of nitrogens with one attached hydrogen (secondary N) is 1. The molecule has 6 nitrogen and oxygen atoms in total. The quantitative estimate of drug-likeness (QED) is 0.117. The van der Waals surface area contributed by atoms with Gasteiger partial charge in [-0.2, -0.15) is 0 Å². The smallest absolute Gasteiger partial charge is 0.343 e. The van der Waals surface area contributed by atoms with Gasteiger partial charge in [-0.1, -0.05) is 12.1 Å². The molecular formula is C29H22F5NO5. The number of hydrogen-bond acceptors (Lipinski definition) is 5. The Morgan fingerprint density at radius 1 is 0.925 bits per heavy atom. The lowest BCUT2D eigenvalue weighted by Crippen LogP contribution is -2.26. The summed E-state index contributed by atoms with van der Waals surface area (Å²) in [6, 6.07) is 9.99. The van der Waals surface area contributed by atoms with E-state index >= 15 is 0 Å². The van der Waals surface area contributed by atoms with Crippen molar-refractivity contribution in [3.63, 3.8) is 0 Å². The SMILES string of the molecule is O=C(CCCNC(=O)Cc1cc(F)cc(F)c1)CC(c1cc(F)c(F)c(F)c1)c1c(O)c2ccccc2oc1=O. The van der Waals surface area contributed by atoms with Crippen molar-refractivity contribution in [3.05, 3.63) is 111 Å². The average Bonchev–Trinajstić information content (AvgIpc) is 2.88. The fourth-order valence-electron chi connectivity index (χ4n) is 4.42. The summed E-state index contributed by atoms with van der Waals surface area (Å²) in [4.78, 5) is 37.8. The molecular weight excluding hydrogens is 537 g/mol. The maximum atomic E-state index is 14.1. The van der Waals surface area contributed by atoms with Gasteiger partial charge in [-0.05, 0) is 53.9 Å². The van der Waals surface area contributed by atoms with Crippen LogP contribution in [0.2, 0.25) is 0 Å². The van der Waals surface area contributed by atoms with Crippen LogP contribution in [0.25, 0.3) is 11.0 Å². The van der Waals surface area contributed by atoms with Gasteiger partial charge in [0.25, 0.3) is 0 Å². The van der Waals surface area contributed by atoms with Crippen molar-refractivity contribution in [1.29, 1.82) is 0 Å². The Bertz CT molecular complexity index is 1610. The van der Waals surface area contributed by atoms with Gasteiger partial charge in [0, 0.05) is 31.4 Å². The Labute approximate surface area is 224 Å². The van der Waals surface area contributed by atoms with Gasteiger partial charge in [0.2, 0.25) is 5.91 Å². The number of carbonyl (C=O) groups is 2. The number of ketones is 1. The molecule has 11 heteroatoms. The molecule has 0 radical (unpaired) electrons. The first-order chi connectivity index (χ1) is 19.0. The van der Waals surface area contributed by atoms with E-state index in [1.807, 2.05) is 0 Å². The summed E-state index contributed by atoms with van der Waals surface area (Å²) >= 11 is 0. The van der Waals surface area contributed by atoms with Gasteiger partial charge in [-0.3, -0.25) is 9.59 Å². The van der Waals surface area contributed by atoms with Crippen LogP contribution in [0.3, 0.4) is 0 Å². The Kier molecular flexibility index (Phi) is 8.61. The van der Waals surface area contributed by atoms with Crippen molar-refractivity contribution < 1.29 is 41.1 Å². The third-order valence-corrected chi connectivity index (χ3v) is 6.25. The lowest BCUT2D eigenvalue weighted by Gasteiger charge is -2.19. The van der Waals surface area contributed by atoms with E-state index in [9.17, 15) is 41.4 Å². The number of amides is 1. The molecule has 1 atom stereocenters. The number of rotatable bonds is 10. The standard InChI is InChI=1S/C29H22F5NO5/c30-17-8-15(9-18(31)13-17)10-25(37)35-7-3-4-19(36)14-21(16-11-22(32)27(34)23(33)12-16)26-28(38)20-5-1-2-6-24(20)40-29(26)39/h1-2,5-6,8-9,11-13,21,38H,3-4,7,10,14H2,(H,35,37). The number of halogens is 5. The first-order valence-corrected chi connectivity index (χ1v) is 12.2. The lowest BCUT2D eigenvalue weighted by molar-refractivity contribution is -0.121. The van der Waals surface area contributed by atoms with E-state index in [4.69, 9.17) is 4.42 Å². The molecule has 4 rings (SSSR count). The molecule has 0 aliphatic carbocycles. The van der Waals surface area contributed by atoms with Crippen LogP contribution in [0.1, 0.15) is 41.9 Å². The zero-order chi connectivity index (χ0) is 29.0. The van der Waals surface area contributed by atoms with Crippen LogP contribution >= 0.6 is 0 Å².